The van der Waals surface area contributed by atoms with E-state index in [9.17, 15) is 4.79 Å². The Morgan fingerprint density at radius 1 is 0.857 bits per heavy atom. The monoisotopic (exact) mass is 391 g/mol. The highest BCUT2D eigenvalue weighted by atomic mass is 35.5. The number of aromatic nitrogens is 1. The molecule has 140 valence electrons. The molecule has 0 saturated heterocycles. The number of carboxylic acid groups (broad SMARTS) is 1. The molecule has 0 unspecified atom stereocenters. The predicted octanol–water partition coefficient (Wildman–Crippen LogP) is 5.45. The van der Waals surface area contributed by atoms with Crippen molar-refractivity contribution in [1.82, 2.24) is 4.98 Å². The molecule has 0 radical (unpaired) electrons. The van der Waals surface area contributed by atoms with Gasteiger partial charge in [0.25, 0.3) is 0 Å². The summed E-state index contributed by atoms with van der Waals surface area (Å²) in [7, 11) is 0. The van der Waals surface area contributed by atoms with Gasteiger partial charge in [-0.1, -0.05) is 48.5 Å². The van der Waals surface area contributed by atoms with Crippen LogP contribution in [0.1, 0.15) is 0 Å². The van der Waals surface area contributed by atoms with Crippen molar-refractivity contribution >= 4 is 29.3 Å². The first-order chi connectivity index (χ1) is 13.2. The molecule has 0 fully saturated rings. The van der Waals surface area contributed by atoms with Crippen molar-refractivity contribution in [2.24, 2.45) is 0 Å². The Labute approximate surface area is 168 Å². The van der Waals surface area contributed by atoms with Crippen LogP contribution in [0.2, 0.25) is 0 Å². The van der Waals surface area contributed by atoms with E-state index in [0.29, 0.717) is 5.75 Å². The Kier molecular flexibility index (Phi) is 5.92. The number of carbonyl (C=O) groups is 1. The van der Waals surface area contributed by atoms with Gasteiger partial charge in [-0.05, 0) is 47.5 Å². The molecule has 4 aromatic rings. The number of fused-ring (bicyclic) bond motifs is 1. The lowest BCUT2D eigenvalue weighted by Gasteiger charge is -2.11. The smallest absolute Gasteiger partial charge is 0.341 e. The van der Waals surface area contributed by atoms with Gasteiger partial charge < -0.3 is 9.84 Å². The summed E-state index contributed by atoms with van der Waals surface area (Å²) in [5.74, 6) is -0.479. The van der Waals surface area contributed by atoms with Crippen LogP contribution < -0.4 is 4.74 Å². The van der Waals surface area contributed by atoms with Crippen LogP contribution in [0.15, 0.2) is 84.9 Å². The number of hydrogen-bond acceptors (Lipinski definition) is 3. The molecule has 3 aromatic carbocycles. The third-order valence-electron chi connectivity index (χ3n) is 4.31. The van der Waals surface area contributed by atoms with Crippen molar-refractivity contribution in [2.45, 2.75) is 0 Å². The van der Waals surface area contributed by atoms with E-state index in [-0.39, 0.29) is 19.0 Å². The molecule has 1 aromatic heterocycles. The van der Waals surface area contributed by atoms with Crippen molar-refractivity contribution < 1.29 is 14.6 Å². The average Bonchev–Trinajstić information content (AvgIpc) is 2.72. The normalized spacial score (nSPS) is 10.3. The quantitative estimate of drug-likeness (QED) is 0.491. The van der Waals surface area contributed by atoms with Crippen molar-refractivity contribution in [3.8, 4) is 28.1 Å². The van der Waals surface area contributed by atoms with E-state index < -0.39 is 5.97 Å². The van der Waals surface area contributed by atoms with E-state index in [1.807, 2.05) is 48.5 Å². The van der Waals surface area contributed by atoms with Crippen molar-refractivity contribution in [3.05, 3.63) is 84.9 Å². The summed E-state index contributed by atoms with van der Waals surface area (Å²) in [6.07, 6.45) is 0. The van der Waals surface area contributed by atoms with Gasteiger partial charge in [-0.25, -0.2) is 9.78 Å². The van der Waals surface area contributed by atoms with Gasteiger partial charge in [-0.3, -0.25) is 0 Å². The van der Waals surface area contributed by atoms with E-state index >= 15 is 0 Å². The summed E-state index contributed by atoms with van der Waals surface area (Å²) in [6.45, 7) is -0.355. The van der Waals surface area contributed by atoms with Gasteiger partial charge in [0, 0.05) is 10.9 Å². The molecule has 4 nitrogen and oxygen atoms in total. The molecule has 4 rings (SSSR count). The topological polar surface area (TPSA) is 59.4 Å². The maximum absolute atomic E-state index is 10.6. The minimum Gasteiger partial charge on any atom is -0.482 e. The molecule has 0 atom stereocenters. The number of halogens is 1. The van der Waals surface area contributed by atoms with Gasteiger partial charge in [-0.15, -0.1) is 12.4 Å². The molecule has 0 bridgehead atoms. The fourth-order valence-electron chi connectivity index (χ4n) is 3.05. The summed E-state index contributed by atoms with van der Waals surface area (Å²) in [5, 5.41) is 9.82. The minimum absolute atomic E-state index is 0. The lowest BCUT2D eigenvalue weighted by molar-refractivity contribution is -0.139. The highest BCUT2D eigenvalue weighted by Gasteiger charge is 2.09. The Hall–Kier alpha value is -3.37. The van der Waals surface area contributed by atoms with E-state index in [0.717, 1.165) is 33.3 Å². The minimum atomic E-state index is -0.997. The molecule has 1 N–H and O–H groups in total. The first kappa shape index (κ1) is 19.4. The Morgan fingerprint density at radius 2 is 1.54 bits per heavy atom. The first-order valence-electron chi connectivity index (χ1n) is 8.61. The molecule has 5 heteroatoms. The largest absolute Gasteiger partial charge is 0.482 e. The SMILES string of the molecule is Cl.O=C(O)COc1ccc(-c2cc(-c3ccccc3)c3ccccc3n2)cc1. The van der Waals surface area contributed by atoms with E-state index in [4.69, 9.17) is 14.8 Å². The van der Waals surface area contributed by atoms with Crippen LogP contribution in [0.25, 0.3) is 33.3 Å². The van der Waals surface area contributed by atoms with Crippen LogP contribution in [0.5, 0.6) is 5.75 Å². The van der Waals surface area contributed by atoms with E-state index in [2.05, 4.69) is 24.3 Å². The lowest BCUT2D eigenvalue weighted by Crippen LogP contribution is -2.09. The third kappa shape index (κ3) is 4.13. The molecule has 0 aliphatic heterocycles. The summed E-state index contributed by atoms with van der Waals surface area (Å²) in [4.78, 5) is 15.4. The molecule has 1 heterocycles. The molecular weight excluding hydrogens is 374 g/mol. The summed E-state index contributed by atoms with van der Waals surface area (Å²) in [5.41, 5.74) is 5.00. The molecule has 28 heavy (non-hydrogen) atoms. The number of aliphatic carboxylic acids is 1. The van der Waals surface area contributed by atoms with Crippen LogP contribution in [0, 0.1) is 0 Å². The maximum atomic E-state index is 10.6. The second-order valence-electron chi connectivity index (χ2n) is 6.15. The van der Waals surface area contributed by atoms with Gasteiger partial charge in [0.1, 0.15) is 5.75 Å². The second kappa shape index (κ2) is 8.55. The summed E-state index contributed by atoms with van der Waals surface area (Å²) < 4.78 is 5.20. The van der Waals surface area contributed by atoms with Gasteiger partial charge >= 0.3 is 5.97 Å². The van der Waals surface area contributed by atoms with Crippen molar-refractivity contribution in [1.29, 1.82) is 0 Å². The lowest BCUT2D eigenvalue weighted by atomic mass is 9.98. The second-order valence-corrected chi connectivity index (χ2v) is 6.15. The molecule has 0 aliphatic carbocycles. The van der Waals surface area contributed by atoms with Gasteiger partial charge in [-0.2, -0.15) is 0 Å². The zero-order valence-electron chi connectivity index (χ0n) is 14.9. The van der Waals surface area contributed by atoms with Gasteiger partial charge in [0.05, 0.1) is 11.2 Å². The summed E-state index contributed by atoms with van der Waals surface area (Å²) in [6, 6.07) is 27.7. The Morgan fingerprint density at radius 3 is 2.25 bits per heavy atom. The van der Waals surface area contributed by atoms with Crippen molar-refractivity contribution in [3.63, 3.8) is 0 Å². The number of pyridine rings is 1. The fraction of sp³-hybridized carbons (Fsp3) is 0.0435. The number of para-hydroxylation sites is 1. The standard InChI is InChI=1S/C23H17NO3.ClH/c25-23(26)15-27-18-12-10-17(11-13-18)22-14-20(16-6-2-1-3-7-16)19-8-4-5-9-21(19)24-22;/h1-14H,15H2,(H,25,26);1H. The predicted molar refractivity (Wildman–Crippen MR) is 113 cm³/mol. The first-order valence-corrected chi connectivity index (χ1v) is 8.61. The van der Waals surface area contributed by atoms with Crippen LogP contribution >= 0.6 is 12.4 Å². The van der Waals surface area contributed by atoms with Crippen LogP contribution in [-0.2, 0) is 4.79 Å². The fourth-order valence-corrected chi connectivity index (χ4v) is 3.05. The van der Waals surface area contributed by atoms with Gasteiger partial charge in [0.2, 0.25) is 0 Å². The van der Waals surface area contributed by atoms with Crippen LogP contribution in [0.3, 0.4) is 0 Å². The molecule has 0 aliphatic rings. The highest BCUT2D eigenvalue weighted by Crippen LogP contribution is 2.32. The number of benzene rings is 3. The third-order valence-corrected chi connectivity index (χ3v) is 4.31. The number of carboxylic acids is 1. The van der Waals surface area contributed by atoms with E-state index in [1.165, 1.54) is 0 Å². The number of rotatable bonds is 5. The van der Waals surface area contributed by atoms with E-state index in [1.54, 1.807) is 12.1 Å². The number of hydrogen-bond donors (Lipinski definition) is 1. The molecule has 0 spiro atoms. The maximum Gasteiger partial charge on any atom is 0.341 e. The number of nitrogens with zero attached hydrogens (tertiary/aromatic N) is 1. The van der Waals surface area contributed by atoms with Crippen LogP contribution in [-0.4, -0.2) is 22.7 Å². The zero-order chi connectivity index (χ0) is 18.6. The van der Waals surface area contributed by atoms with Gasteiger partial charge in [0.15, 0.2) is 6.61 Å². The van der Waals surface area contributed by atoms with Crippen LogP contribution in [0.4, 0.5) is 0 Å². The van der Waals surface area contributed by atoms with Crippen molar-refractivity contribution in [2.75, 3.05) is 6.61 Å². The Balaban J connectivity index is 0.00000225. The zero-order valence-corrected chi connectivity index (χ0v) is 15.7. The average molecular weight is 392 g/mol. The highest BCUT2D eigenvalue weighted by molar-refractivity contribution is 5.96. The Bertz CT molecular complexity index is 1100. The summed E-state index contributed by atoms with van der Waals surface area (Å²) >= 11 is 0. The number of ether oxygens (including phenoxy) is 1. The molecule has 0 amide bonds. The molecular formula is C23H18ClNO3. The molecule has 0 saturated carbocycles.